The van der Waals surface area contributed by atoms with E-state index in [1.165, 1.54) is 0 Å². The highest BCUT2D eigenvalue weighted by molar-refractivity contribution is 6.02. The normalized spacial score (nSPS) is 19.0. The quantitative estimate of drug-likeness (QED) is 0.687. The van der Waals surface area contributed by atoms with E-state index < -0.39 is 5.66 Å². The molecule has 1 N–H and O–H groups in total. The van der Waals surface area contributed by atoms with E-state index in [0.29, 0.717) is 25.2 Å². The van der Waals surface area contributed by atoms with Gasteiger partial charge < -0.3 is 15.0 Å². The number of amides is 3. The van der Waals surface area contributed by atoms with Gasteiger partial charge in [0.2, 0.25) is 0 Å². The Balaban J connectivity index is 1.52. The molecule has 6 nitrogen and oxygen atoms in total. The van der Waals surface area contributed by atoms with Crippen molar-refractivity contribution in [2.45, 2.75) is 19.1 Å². The van der Waals surface area contributed by atoms with Crippen molar-refractivity contribution in [3.8, 4) is 5.75 Å². The van der Waals surface area contributed by atoms with Gasteiger partial charge in [-0.05, 0) is 30.7 Å². The minimum absolute atomic E-state index is 0.0355. The second kappa shape index (κ2) is 7.71. The van der Waals surface area contributed by atoms with Gasteiger partial charge in [-0.1, -0.05) is 60.2 Å². The monoisotopic (exact) mass is 427 g/mol. The van der Waals surface area contributed by atoms with Gasteiger partial charge in [-0.3, -0.25) is 9.69 Å². The molecule has 1 saturated heterocycles. The fraction of sp³-hybridized carbons (Fsp3) is 0.231. The van der Waals surface area contributed by atoms with Gasteiger partial charge in [-0.15, -0.1) is 0 Å². The van der Waals surface area contributed by atoms with E-state index in [-0.39, 0.29) is 11.9 Å². The molecule has 2 heterocycles. The first-order chi connectivity index (χ1) is 15.6. The van der Waals surface area contributed by atoms with Crippen LogP contribution in [0.25, 0.3) is 0 Å². The fourth-order valence-electron chi connectivity index (χ4n) is 4.85. The number of hydrogen-bond donors (Lipinski definition) is 1. The summed E-state index contributed by atoms with van der Waals surface area (Å²) in [6.45, 7) is 3.36. The molecule has 6 heteroatoms. The molecule has 0 aliphatic carbocycles. The molecule has 1 atom stereocenters. The number of carbonyl (C=O) groups excluding carboxylic acids is 2. The van der Waals surface area contributed by atoms with Crippen LogP contribution in [0.5, 0.6) is 5.75 Å². The molecule has 0 bridgehead atoms. The molecule has 3 aromatic rings. The van der Waals surface area contributed by atoms with Crippen molar-refractivity contribution in [1.29, 1.82) is 0 Å². The number of fused-ring (bicyclic) bond motifs is 3. The molecule has 0 radical (unpaired) electrons. The highest BCUT2D eigenvalue weighted by atomic mass is 16.5. The van der Waals surface area contributed by atoms with Crippen molar-refractivity contribution in [2.24, 2.45) is 0 Å². The third kappa shape index (κ3) is 2.94. The first-order valence-electron chi connectivity index (χ1n) is 10.7. The Morgan fingerprint density at radius 2 is 1.72 bits per heavy atom. The third-order valence-corrected chi connectivity index (χ3v) is 6.41. The van der Waals surface area contributed by atoms with Crippen LogP contribution in [0.2, 0.25) is 0 Å². The van der Waals surface area contributed by atoms with Gasteiger partial charge in [0.15, 0.2) is 5.66 Å². The molecule has 0 spiro atoms. The highest BCUT2D eigenvalue weighted by Gasteiger charge is 2.59. The maximum atomic E-state index is 13.5. The average molecular weight is 428 g/mol. The second-order valence-corrected chi connectivity index (χ2v) is 8.20. The number of ether oxygens (including phenoxy) is 1. The lowest BCUT2D eigenvalue weighted by atomic mass is 9.89. The summed E-state index contributed by atoms with van der Waals surface area (Å²) in [7, 11) is 1.63. The van der Waals surface area contributed by atoms with Gasteiger partial charge in [0.05, 0.1) is 7.11 Å². The second-order valence-electron chi connectivity index (χ2n) is 8.20. The lowest BCUT2D eigenvalue weighted by Crippen LogP contribution is -2.54. The zero-order valence-corrected chi connectivity index (χ0v) is 18.2. The van der Waals surface area contributed by atoms with Crippen molar-refractivity contribution >= 4 is 11.9 Å². The van der Waals surface area contributed by atoms with Crippen LogP contribution >= 0.6 is 0 Å². The van der Waals surface area contributed by atoms with Crippen LogP contribution < -0.4 is 10.1 Å². The summed E-state index contributed by atoms with van der Waals surface area (Å²) in [5.41, 5.74) is 3.58. The Morgan fingerprint density at radius 3 is 2.44 bits per heavy atom. The van der Waals surface area contributed by atoms with Gasteiger partial charge in [-0.2, -0.15) is 0 Å². The number of rotatable bonds is 4. The summed E-state index contributed by atoms with van der Waals surface area (Å²) in [6, 6.07) is 23.1. The Kier molecular flexibility index (Phi) is 4.85. The molecule has 2 aliphatic heterocycles. The molecule has 0 aromatic heterocycles. The number of hydrogen-bond acceptors (Lipinski definition) is 3. The maximum Gasteiger partial charge on any atom is 0.320 e. The maximum absolute atomic E-state index is 13.5. The molecule has 0 saturated carbocycles. The molecule has 5 rings (SSSR count). The van der Waals surface area contributed by atoms with Gasteiger partial charge in [0.25, 0.3) is 5.91 Å². The van der Waals surface area contributed by atoms with E-state index in [9.17, 15) is 9.59 Å². The average Bonchev–Trinajstić information content (AvgIpc) is 3.34. The predicted molar refractivity (Wildman–Crippen MR) is 121 cm³/mol. The summed E-state index contributed by atoms with van der Waals surface area (Å²) >= 11 is 0. The van der Waals surface area contributed by atoms with Gasteiger partial charge in [0.1, 0.15) is 5.75 Å². The number of methoxy groups -OCH3 is 1. The van der Waals surface area contributed by atoms with Crippen LogP contribution in [0, 0.1) is 6.92 Å². The Hall–Kier alpha value is -3.80. The van der Waals surface area contributed by atoms with Crippen LogP contribution in [-0.2, 0) is 12.2 Å². The van der Waals surface area contributed by atoms with Crippen molar-refractivity contribution in [3.63, 3.8) is 0 Å². The SMILES string of the molecule is COc1ccc(CNC(=O)N2CCN3C(=O)c4ccccc4C23c2ccc(C)cc2)cc1. The summed E-state index contributed by atoms with van der Waals surface area (Å²) in [5.74, 6) is 0.737. The topological polar surface area (TPSA) is 61.9 Å². The number of nitrogens with one attached hydrogen (secondary N) is 1. The van der Waals surface area contributed by atoms with Crippen molar-refractivity contribution in [3.05, 3.63) is 101 Å². The Morgan fingerprint density at radius 1 is 1.00 bits per heavy atom. The first kappa shape index (κ1) is 20.1. The van der Waals surface area contributed by atoms with Crippen molar-refractivity contribution in [1.82, 2.24) is 15.1 Å². The minimum Gasteiger partial charge on any atom is -0.497 e. The zero-order chi connectivity index (χ0) is 22.3. The molecular weight excluding hydrogens is 402 g/mol. The zero-order valence-electron chi connectivity index (χ0n) is 18.2. The number of nitrogens with zero attached hydrogens (tertiary/aromatic N) is 2. The largest absolute Gasteiger partial charge is 0.497 e. The smallest absolute Gasteiger partial charge is 0.320 e. The van der Waals surface area contributed by atoms with Crippen LogP contribution in [-0.4, -0.2) is 41.9 Å². The van der Waals surface area contributed by atoms with E-state index in [2.05, 4.69) is 5.32 Å². The van der Waals surface area contributed by atoms with Crippen LogP contribution in [0.1, 0.15) is 32.6 Å². The standard InChI is InChI=1S/C26H25N3O3/c1-18-7-11-20(12-8-18)26-23-6-4-3-5-22(23)24(30)28(26)15-16-29(26)25(31)27-17-19-9-13-21(32-2)14-10-19/h3-14H,15-17H2,1-2H3,(H,27,31). The molecule has 1 unspecified atom stereocenters. The van der Waals surface area contributed by atoms with Gasteiger partial charge >= 0.3 is 6.03 Å². The van der Waals surface area contributed by atoms with Crippen LogP contribution in [0.15, 0.2) is 72.8 Å². The van der Waals surface area contributed by atoms with E-state index in [1.807, 2.05) is 84.6 Å². The summed E-state index contributed by atoms with van der Waals surface area (Å²) in [5, 5.41) is 3.05. The molecule has 3 amide bonds. The van der Waals surface area contributed by atoms with Crippen molar-refractivity contribution in [2.75, 3.05) is 20.2 Å². The Bertz CT molecular complexity index is 1170. The fourth-order valence-corrected chi connectivity index (χ4v) is 4.85. The molecule has 162 valence electrons. The van der Waals surface area contributed by atoms with E-state index in [1.54, 1.807) is 12.0 Å². The number of carbonyl (C=O) groups is 2. The van der Waals surface area contributed by atoms with Crippen LogP contribution in [0.3, 0.4) is 0 Å². The predicted octanol–water partition coefficient (Wildman–Crippen LogP) is 3.89. The first-order valence-corrected chi connectivity index (χ1v) is 10.7. The van der Waals surface area contributed by atoms with Crippen molar-refractivity contribution < 1.29 is 14.3 Å². The summed E-state index contributed by atoms with van der Waals surface area (Å²) in [4.78, 5) is 30.4. The molecule has 3 aromatic carbocycles. The van der Waals surface area contributed by atoms with E-state index in [4.69, 9.17) is 4.74 Å². The number of benzene rings is 3. The van der Waals surface area contributed by atoms with E-state index in [0.717, 1.165) is 28.0 Å². The molecule has 2 aliphatic rings. The van der Waals surface area contributed by atoms with Crippen LogP contribution in [0.4, 0.5) is 4.79 Å². The highest BCUT2D eigenvalue weighted by Crippen LogP contribution is 2.49. The van der Waals surface area contributed by atoms with Gasteiger partial charge in [0, 0.05) is 36.3 Å². The molecule has 32 heavy (non-hydrogen) atoms. The third-order valence-electron chi connectivity index (χ3n) is 6.41. The van der Waals surface area contributed by atoms with E-state index >= 15 is 0 Å². The minimum atomic E-state index is -0.939. The summed E-state index contributed by atoms with van der Waals surface area (Å²) < 4.78 is 5.20. The number of urea groups is 1. The Labute approximate surface area is 187 Å². The lowest BCUT2D eigenvalue weighted by Gasteiger charge is -2.40. The molecular formula is C26H25N3O3. The number of aryl methyl sites for hydroxylation is 1. The molecule has 1 fully saturated rings. The van der Waals surface area contributed by atoms with Gasteiger partial charge in [-0.25, -0.2) is 4.79 Å². The lowest BCUT2D eigenvalue weighted by molar-refractivity contribution is 0.0545. The summed E-state index contributed by atoms with van der Waals surface area (Å²) in [6.07, 6.45) is 0.